The van der Waals surface area contributed by atoms with E-state index in [-0.39, 0.29) is 0 Å². The first-order valence-electron chi connectivity index (χ1n) is 15.9. The summed E-state index contributed by atoms with van der Waals surface area (Å²) in [6.45, 7) is 15.3. The molecule has 0 fully saturated rings. The van der Waals surface area contributed by atoms with E-state index >= 15 is 4.11 Å². The quantitative estimate of drug-likeness (QED) is 0.0453. The predicted molar refractivity (Wildman–Crippen MR) is 190 cm³/mol. The standard InChI is InChI=1S/C27H67FO10Si6/c1-29-19-20-36-18-14-21-39(8,9)37-41(12,13)38-40(10,11)22-15-23-42(28,24-16-26-43(30-2,31-3)32-4)25-17-27-44(33-5,34-6)35-7/h14-27H2,1-13H3. The number of ether oxygens (including phenoxy) is 2. The Labute approximate surface area is 275 Å². The summed E-state index contributed by atoms with van der Waals surface area (Å²) in [5.74, 6) is 0. The first kappa shape index (κ1) is 44.8. The van der Waals surface area contributed by atoms with Crippen LogP contribution in [0.4, 0.5) is 4.11 Å². The minimum absolute atomic E-state index is 0.542. The molecule has 0 aliphatic heterocycles. The van der Waals surface area contributed by atoms with Crippen LogP contribution in [0, 0.1) is 0 Å². The van der Waals surface area contributed by atoms with E-state index in [1.165, 1.54) is 0 Å². The molecule has 0 radical (unpaired) electrons. The maximum atomic E-state index is 16.8. The fourth-order valence-corrected chi connectivity index (χ4v) is 27.6. The van der Waals surface area contributed by atoms with Crippen LogP contribution in [-0.4, -0.2) is 121 Å². The molecule has 0 spiro atoms. The maximum absolute atomic E-state index is 16.8. The zero-order chi connectivity index (χ0) is 34.0. The first-order chi connectivity index (χ1) is 20.5. The molecule has 0 amide bonds. The molecular formula is C27H67FO10Si6. The molecule has 0 rings (SSSR count). The number of hydrogen-bond donors (Lipinski definition) is 0. The lowest BCUT2D eigenvalue weighted by molar-refractivity contribution is 0.0707. The van der Waals surface area contributed by atoms with Crippen molar-refractivity contribution in [2.45, 2.75) is 107 Å². The molecule has 0 aromatic rings. The summed E-state index contributed by atoms with van der Waals surface area (Å²) >= 11 is 0. The Morgan fingerprint density at radius 3 is 1.16 bits per heavy atom. The highest BCUT2D eigenvalue weighted by atomic mass is 28.5. The van der Waals surface area contributed by atoms with Gasteiger partial charge in [0, 0.05) is 68.5 Å². The van der Waals surface area contributed by atoms with E-state index < -0.39 is 51.2 Å². The van der Waals surface area contributed by atoms with Gasteiger partial charge in [-0.2, -0.15) is 0 Å². The van der Waals surface area contributed by atoms with E-state index in [4.69, 9.17) is 44.3 Å². The SMILES string of the molecule is COCCOCCC[Si](C)(C)O[Si](C)(C)O[Si](C)(C)CCC[Si](F)(CCC[Si](OC)(OC)OC)CCC[Si](OC)(OC)OC. The van der Waals surface area contributed by atoms with Crippen molar-refractivity contribution >= 4 is 51.2 Å². The third kappa shape index (κ3) is 18.4. The highest BCUT2D eigenvalue weighted by Crippen LogP contribution is 2.34. The van der Waals surface area contributed by atoms with Crippen molar-refractivity contribution in [3.8, 4) is 0 Å². The van der Waals surface area contributed by atoms with Crippen LogP contribution >= 0.6 is 0 Å². The van der Waals surface area contributed by atoms with Crippen LogP contribution in [-0.2, 0) is 44.3 Å². The normalized spacial score (nSPS) is 14.0. The summed E-state index contributed by atoms with van der Waals surface area (Å²) in [6.07, 6.45) is 3.14. The van der Waals surface area contributed by atoms with Gasteiger partial charge < -0.3 is 48.4 Å². The molecule has 0 aromatic heterocycles. The fourth-order valence-electron chi connectivity index (χ4n) is 5.86. The van der Waals surface area contributed by atoms with Crippen LogP contribution in [0.5, 0.6) is 0 Å². The lowest BCUT2D eigenvalue weighted by atomic mass is 10.5. The first-order valence-corrected chi connectivity index (χ1v) is 31.3. The van der Waals surface area contributed by atoms with Gasteiger partial charge in [0.15, 0.2) is 16.6 Å². The second kappa shape index (κ2) is 21.7. The molecule has 44 heavy (non-hydrogen) atoms. The second-order valence-electron chi connectivity index (χ2n) is 13.1. The molecule has 0 aromatic carbocycles. The molecule has 0 saturated carbocycles. The van der Waals surface area contributed by atoms with E-state index in [1.807, 2.05) is 0 Å². The molecule has 266 valence electrons. The Kier molecular flexibility index (Phi) is 22.1. The third-order valence-corrected chi connectivity index (χ3v) is 28.9. The summed E-state index contributed by atoms with van der Waals surface area (Å²) in [6, 6.07) is 4.81. The summed E-state index contributed by atoms with van der Waals surface area (Å²) in [5.41, 5.74) is 0. The van der Waals surface area contributed by atoms with Gasteiger partial charge in [0.25, 0.3) is 0 Å². The Bertz CT molecular complexity index is 703. The number of hydrogen-bond acceptors (Lipinski definition) is 10. The zero-order valence-electron chi connectivity index (χ0n) is 30.4. The average Bonchev–Trinajstić information content (AvgIpc) is 2.94. The number of rotatable bonds is 29. The van der Waals surface area contributed by atoms with Gasteiger partial charge >= 0.3 is 26.2 Å². The molecular weight excluding hydrogens is 672 g/mol. The maximum Gasteiger partial charge on any atom is 0.500 e. The monoisotopic (exact) mass is 738 g/mol. The molecule has 0 heterocycles. The predicted octanol–water partition coefficient (Wildman–Crippen LogP) is 7.03. The van der Waals surface area contributed by atoms with Crippen molar-refractivity contribution in [2.24, 2.45) is 0 Å². The van der Waals surface area contributed by atoms with Crippen molar-refractivity contribution in [3.63, 3.8) is 0 Å². The Morgan fingerprint density at radius 1 is 0.432 bits per heavy atom. The van der Waals surface area contributed by atoms with Crippen LogP contribution in [0.25, 0.3) is 0 Å². The molecule has 0 atom stereocenters. The van der Waals surface area contributed by atoms with Crippen LogP contribution in [0.3, 0.4) is 0 Å². The van der Waals surface area contributed by atoms with Gasteiger partial charge in [-0.15, -0.1) is 0 Å². The smallest absolute Gasteiger partial charge is 0.437 e. The van der Waals surface area contributed by atoms with Gasteiger partial charge in [-0.05, 0) is 88.8 Å². The Hall–Kier alpha value is 0.831. The summed E-state index contributed by atoms with van der Waals surface area (Å²) < 4.78 is 74.5. The molecule has 0 aliphatic rings. The van der Waals surface area contributed by atoms with Crippen molar-refractivity contribution in [1.82, 2.24) is 0 Å². The highest BCUT2D eigenvalue weighted by molar-refractivity contribution is 6.88. The molecule has 10 nitrogen and oxygen atoms in total. The van der Waals surface area contributed by atoms with Crippen molar-refractivity contribution in [2.75, 3.05) is 69.6 Å². The van der Waals surface area contributed by atoms with Crippen molar-refractivity contribution in [3.05, 3.63) is 0 Å². The lowest BCUT2D eigenvalue weighted by Gasteiger charge is -2.39. The van der Waals surface area contributed by atoms with Crippen LogP contribution < -0.4 is 0 Å². The average molecular weight is 739 g/mol. The van der Waals surface area contributed by atoms with Crippen LogP contribution in [0.15, 0.2) is 0 Å². The number of halogens is 1. The minimum atomic E-state index is -3.10. The third-order valence-electron chi connectivity index (χ3n) is 8.03. The minimum Gasteiger partial charge on any atom is -0.437 e. The lowest BCUT2D eigenvalue weighted by Crippen LogP contribution is -2.52. The van der Waals surface area contributed by atoms with Gasteiger partial charge in [0.2, 0.25) is 8.41 Å². The summed E-state index contributed by atoms with van der Waals surface area (Å²) in [5, 5.41) is 0. The molecule has 0 aliphatic carbocycles. The van der Waals surface area contributed by atoms with E-state index in [9.17, 15) is 0 Å². The van der Waals surface area contributed by atoms with Crippen molar-refractivity contribution < 1.29 is 48.4 Å². The zero-order valence-corrected chi connectivity index (χ0v) is 36.4. The molecule has 0 N–H and O–H groups in total. The molecule has 17 heteroatoms. The van der Waals surface area contributed by atoms with E-state index in [0.29, 0.717) is 56.3 Å². The van der Waals surface area contributed by atoms with Gasteiger partial charge in [0.1, 0.15) is 0 Å². The topological polar surface area (TPSA) is 92.3 Å². The van der Waals surface area contributed by atoms with Gasteiger partial charge in [0.05, 0.1) is 13.2 Å². The van der Waals surface area contributed by atoms with E-state index in [2.05, 4.69) is 39.3 Å². The molecule has 0 saturated heterocycles. The number of methoxy groups -OCH3 is 1. The second-order valence-corrected chi connectivity index (χ2v) is 35.6. The van der Waals surface area contributed by atoms with Crippen LogP contribution in [0.2, 0.25) is 81.6 Å². The largest absolute Gasteiger partial charge is 0.500 e. The van der Waals surface area contributed by atoms with Gasteiger partial charge in [-0.25, -0.2) is 0 Å². The summed E-state index contributed by atoms with van der Waals surface area (Å²) in [7, 11) is -3.63. The highest BCUT2D eigenvalue weighted by Gasteiger charge is 2.43. The van der Waals surface area contributed by atoms with E-state index in [1.54, 1.807) is 49.8 Å². The van der Waals surface area contributed by atoms with Crippen LogP contribution in [0.1, 0.15) is 25.7 Å². The molecule has 0 unspecified atom stereocenters. The summed E-state index contributed by atoms with van der Waals surface area (Å²) in [4.78, 5) is 0. The Balaban J connectivity index is 5.24. The van der Waals surface area contributed by atoms with Crippen molar-refractivity contribution in [1.29, 1.82) is 0 Å². The molecule has 0 bridgehead atoms. The Morgan fingerprint density at radius 2 is 0.795 bits per heavy atom. The fraction of sp³-hybridized carbons (Fsp3) is 1.00. The van der Waals surface area contributed by atoms with Gasteiger partial charge in [-0.3, -0.25) is 0 Å². The van der Waals surface area contributed by atoms with Gasteiger partial charge in [-0.1, -0.05) is 6.42 Å². The van der Waals surface area contributed by atoms with E-state index in [0.717, 1.165) is 31.5 Å².